The zero-order valence-electron chi connectivity index (χ0n) is 15.1. The van der Waals surface area contributed by atoms with Crippen LogP contribution in [0.1, 0.15) is 50.8 Å². The van der Waals surface area contributed by atoms with Gasteiger partial charge >= 0.3 is 5.97 Å². The summed E-state index contributed by atoms with van der Waals surface area (Å²) >= 11 is 1.43. The summed E-state index contributed by atoms with van der Waals surface area (Å²) in [7, 11) is 1.35. The number of methoxy groups -OCH3 is 1. The molecule has 2 aliphatic rings. The minimum absolute atomic E-state index is 0.0319. The number of benzene rings is 1. The van der Waals surface area contributed by atoms with Crippen molar-refractivity contribution in [2.45, 2.75) is 44.9 Å². The van der Waals surface area contributed by atoms with Crippen LogP contribution in [-0.4, -0.2) is 34.3 Å². The van der Waals surface area contributed by atoms with E-state index in [0.717, 1.165) is 5.56 Å². The molecule has 0 aromatic heterocycles. The molecule has 6 heteroatoms. The van der Waals surface area contributed by atoms with E-state index in [-0.39, 0.29) is 11.2 Å². The molecule has 2 aliphatic heterocycles. The summed E-state index contributed by atoms with van der Waals surface area (Å²) in [6.45, 7) is 7.92. The third-order valence-electron chi connectivity index (χ3n) is 4.58. The van der Waals surface area contributed by atoms with Crippen LogP contribution in [0.25, 0.3) is 0 Å². The molecule has 0 radical (unpaired) electrons. The lowest BCUT2D eigenvalue weighted by atomic mass is 9.92. The second-order valence-corrected chi connectivity index (χ2v) is 7.89. The molecule has 0 saturated carbocycles. The van der Waals surface area contributed by atoms with Crippen molar-refractivity contribution in [2.75, 3.05) is 7.11 Å². The number of esters is 1. The largest absolute Gasteiger partial charge is 0.466 e. The van der Waals surface area contributed by atoms with Crippen LogP contribution in [-0.2, 0) is 14.3 Å². The molecule has 132 valence electrons. The molecular formula is C19H22N2O3S. The first-order valence-corrected chi connectivity index (χ1v) is 9.20. The molecule has 0 bridgehead atoms. The number of amides is 1. The topological polar surface area (TPSA) is 59.0 Å². The van der Waals surface area contributed by atoms with E-state index in [1.54, 1.807) is 11.8 Å². The van der Waals surface area contributed by atoms with Gasteiger partial charge in [-0.3, -0.25) is 9.69 Å². The average Bonchev–Trinajstić information content (AvgIpc) is 2.87. The molecule has 3 rings (SSSR count). The summed E-state index contributed by atoms with van der Waals surface area (Å²) in [5.74, 6) is -0.0648. The lowest BCUT2D eigenvalue weighted by molar-refractivity contribution is -0.137. The van der Waals surface area contributed by atoms with Gasteiger partial charge in [-0.1, -0.05) is 49.9 Å². The minimum Gasteiger partial charge on any atom is -0.466 e. The van der Waals surface area contributed by atoms with Crippen molar-refractivity contribution in [2.24, 2.45) is 4.99 Å². The van der Waals surface area contributed by atoms with Gasteiger partial charge in [-0.05, 0) is 30.9 Å². The number of fused-ring (bicyclic) bond motifs is 1. The Balaban J connectivity index is 2.12. The smallest absolute Gasteiger partial charge is 0.338 e. The number of amidine groups is 1. The van der Waals surface area contributed by atoms with Gasteiger partial charge in [-0.2, -0.15) is 0 Å². The van der Waals surface area contributed by atoms with Gasteiger partial charge in [-0.25, -0.2) is 9.79 Å². The van der Waals surface area contributed by atoms with Crippen molar-refractivity contribution in [1.82, 2.24) is 4.90 Å². The molecular weight excluding hydrogens is 336 g/mol. The SMILES string of the molecule is COC(=O)C1=C(C)N=C2S[C@H](C)C(=O)N2[C@@H]1c1ccc(C(C)C)cc1. The van der Waals surface area contributed by atoms with Crippen molar-refractivity contribution in [3.63, 3.8) is 0 Å². The predicted molar refractivity (Wildman–Crippen MR) is 99.3 cm³/mol. The van der Waals surface area contributed by atoms with E-state index in [1.165, 1.54) is 24.4 Å². The Kier molecular flexibility index (Phi) is 4.73. The van der Waals surface area contributed by atoms with Crippen LogP contribution < -0.4 is 0 Å². The third kappa shape index (κ3) is 2.99. The van der Waals surface area contributed by atoms with Crippen molar-refractivity contribution < 1.29 is 14.3 Å². The van der Waals surface area contributed by atoms with E-state index < -0.39 is 12.0 Å². The van der Waals surface area contributed by atoms with Gasteiger partial charge in [0.1, 0.15) is 0 Å². The van der Waals surface area contributed by atoms with Gasteiger partial charge in [-0.15, -0.1) is 0 Å². The summed E-state index contributed by atoms with van der Waals surface area (Å²) in [4.78, 5) is 31.2. The van der Waals surface area contributed by atoms with Crippen LogP contribution in [0, 0.1) is 0 Å². The molecule has 0 aliphatic carbocycles. The standard InChI is InChI=1S/C19H22N2O3S/c1-10(2)13-6-8-14(9-7-13)16-15(18(23)24-5)11(3)20-19-21(16)17(22)12(4)25-19/h6-10,12,16H,1-5H3/t12-,16-/m1/s1. The van der Waals surface area contributed by atoms with Crippen LogP contribution in [0.15, 0.2) is 40.5 Å². The number of ether oxygens (including phenoxy) is 1. The molecule has 1 fully saturated rings. The number of rotatable bonds is 3. The Morgan fingerprint density at radius 2 is 1.92 bits per heavy atom. The van der Waals surface area contributed by atoms with E-state index in [9.17, 15) is 9.59 Å². The fourth-order valence-electron chi connectivity index (χ4n) is 3.15. The molecule has 2 heterocycles. The minimum atomic E-state index is -0.494. The summed E-state index contributed by atoms with van der Waals surface area (Å²) in [5, 5.41) is 0.446. The first-order valence-electron chi connectivity index (χ1n) is 8.32. The highest BCUT2D eigenvalue weighted by Crippen LogP contribution is 2.43. The van der Waals surface area contributed by atoms with E-state index in [1.807, 2.05) is 31.2 Å². The fourth-order valence-corrected chi connectivity index (χ4v) is 4.18. The number of aliphatic imine (C=N–C) groups is 1. The Bertz CT molecular complexity index is 780. The first kappa shape index (κ1) is 17.7. The molecule has 0 spiro atoms. The Morgan fingerprint density at radius 1 is 1.28 bits per heavy atom. The molecule has 5 nitrogen and oxygen atoms in total. The number of hydrogen-bond acceptors (Lipinski definition) is 5. The van der Waals surface area contributed by atoms with E-state index in [0.29, 0.717) is 22.4 Å². The molecule has 1 aromatic rings. The Morgan fingerprint density at radius 3 is 2.48 bits per heavy atom. The maximum absolute atomic E-state index is 12.7. The summed E-state index contributed by atoms with van der Waals surface area (Å²) < 4.78 is 4.97. The van der Waals surface area contributed by atoms with Gasteiger partial charge in [0.15, 0.2) is 5.17 Å². The van der Waals surface area contributed by atoms with Crippen molar-refractivity contribution >= 4 is 28.8 Å². The van der Waals surface area contributed by atoms with Crippen molar-refractivity contribution in [1.29, 1.82) is 0 Å². The Labute approximate surface area is 152 Å². The summed E-state index contributed by atoms with van der Waals surface area (Å²) in [6.07, 6.45) is 0. The lowest BCUT2D eigenvalue weighted by Gasteiger charge is -2.33. The van der Waals surface area contributed by atoms with Crippen LogP contribution in [0.3, 0.4) is 0 Å². The fraction of sp³-hybridized carbons (Fsp3) is 0.421. The highest BCUT2D eigenvalue weighted by molar-refractivity contribution is 8.15. The van der Waals surface area contributed by atoms with E-state index >= 15 is 0 Å². The average molecular weight is 358 g/mol. The zero-order chi connectivity index (χ0) is 18.3. The van der Waals surface area contributed by atoms with Crippen LogP contribution in [0.2, 0.25) is 0 Å². The zero-order valence-corrected chi connectivity index (χ0v) is 15.9. The Hall–Kier alpha value is -2.08. The van der Waals surface area contributed by atoms with E-state index in [4.69, 9.17) is 4.74 Å². The molecule has 1 aromatic carbocycles. The predicted octanol–water partition coefficient (Wildman–Crippen LogP) is 3.63. The molecule has 0 N–H and O–H groups in total. The second kappa shape index (κ2) is 6.67. The lowest BCUT2D eigenvalue weighted by Crippen LogP contribution is -2.40. The highest BCUT2D eigenvalue weighted by Gasteiger charge is 2.46. The van der Waals surface area contributed by atoms with Gasteiger partial charge < -0.3 is 4.74 Å². The molecule has 25 heavy (non-hydrogen) atoms. The number of carbonyl (C=O) groups excluding carboxylic acids is 2. The van der Waals surface area contributed by atoms with Crippen molar-refractivity contribution in [3.05, 3.63) is 46.7 Å². The number of allylic oxidation sites excluding steroid dienone is 1. The molecule has 1 saturated heterocycles. The normalized spacial score (nSPS) is 23.0. The third-order valence-corrected chi connectivity index (χ3v) is 5.64. The first-order chi connectivity index (χ1) is 11.8. The molecule has 1 amide bonds. The van der Waals surface area contributed by atoms with Gasteiger partial charge in [0, 0.05) is 0 Å². The van der Waals surface area contributed by atoms with E-state index in [2.05, 4.69) is 18.8 Å². The number of hydrogen-bond donors (Lipinski definition) is 0. The molecule has 2 atom stereocenters. The summed E-state index contributed by atoms with van der Waals surface area (Å²) in [5.41, 5.74) is 3.13. The maximum atomic E-state index is 12.7. The van der Waals surface area contributed by atoms with Crippen LogP contribution in [0.4, 0.5) is 0 Å². The number of carbonyl (C=O) groups is 2. The van der Waals surface area contributed by atoms with Crippen LogP contribution >= 0.6 is 11.8 Å². The van der Waals surface area contributed by atoms with Gasteiger partial charge in [0.2, 0.25) is 5.91 Å². The highest BCUT2D eigenvalue weighted by atomic mass is 32.2. The monoisotopic (exact) mass is 358 g/mol. The van der Waals surface area contributed by atoms with Crippen LogP contribution in [0.5, 0.6) is 0 Å². The number of nitrogens with zero attached hydrogens (tertiary/aromatic N) is 2. The van der Waals surface area contributed by atoms with Gasteiger partial charge in [0.05, 0.1) is 29.7 Å². The van der Waals surface area contributed by atoms with Gasteiger partial charge in [0.25, 0.3) is 0 Å². The summed E-state index contributed by atoms with van der Waals surface area (Å²) in [6, 6.07) is 7.57. The second-order valence-electron chi connectivity index (χ2n) is 6.58. The number of thioether (sulfide) groups is 1. The molecule has 0 unspecified atom stereocenters. The van der Waals surface area contributed by atoms with Crippen molar-refractivity contribution in [3.8, 4) is 0 Å². The maximum Gasteiger partial charge on any atom is 0.338 e. The quantitative estimate of drug-likeness (QED) is 0.774.